The van der Waals surface area contributed by atoms with Crippen molar-refractivity contribution >= 4 is 73.6 Å². The van der Waals surface area contributed by atoms with Crippen molar-refractivity contribution in [2.75, 3.05) is 0 Å². The molecule has 0 aliphatic carbocycles. The van der Waals surface area contributed by atoms with E-state index in [9.17, 15) is 9.59 Å². The molecule has 0 saturated carbocycles. The Balaban J connectivity index is 2.37. The summed E-state index contributed by atoms with van der Waals surface area (Å²) in [7, 11) is 1.62. The molecule has 0 aromatic carbocycles. The SMILES string of the molecule is Cn1cc(C(=O)c2csc(Br)c2)cc1C(=O)C(Cl)(Cl)Cl. The first kappa shape index (κ1) is 16.0. The summed E-state index contributed by atoms with van der Waals surface area (Å²) in [6, 6.07) is 3.15. The molecule has 2 rings (SSSR count). The number of hydrogen-bond donors (Lipinski definition) is 0. The first-order chi connectivity index (χ1) is 9.20. The van der Waals surface area contributed by atoms with Crippen molar-refractivity contribution in [2.45, 2.75) is 3.79 Å². The highest BCUT2D eigenvalue weighted by Gasteiger charge is 2.34. The number of hydrogen-bond acceptors (Lipinski definition) is 3. The quantitative estimate of drug-likeness (QED) is 0.541. The van der Waals surface area contributed by atoms with Gasteiger partial charge in [0.25, 0.3) is 3.79 Å². The summed E-state index contributed by atoms with van der Waals surface area (Å²) >= 11 is 21.4. The summed E-state index contributed by atoms with van der Waals surface area (Å²) in [5.41, 5.74) is 1.08. The minimum atomic E-state index is -2.04. The van der Waals surface area contributed by atoms with Crippen LogP contribution in [0.4, 0.5) is 0 Å². The predicted molar refractivity (Wildman–Crippen MR) is 85.5 cm³/mol. The molecular formula is C12H7BrCl3NO2S. The molecule has 0 aliphatic heterocycles. The van der Waals surface area contributed by atoms with Gasteiger partial charge in [0.2, 0.25) is 5.78 Å². The highest BCUT2D eigenvalue weighted by molar-refractivity contribution is 9.11. The number of carbonyl (C=O) groups excluding carboxylic acids is 2. The molecule has 2 aromatic heterocycles. The molecule has 0 saturated heterocycles. The fourth-order valence-corrected chi connectivity index (χ4v) is 3.08. The molecule has 106 valence electrons. The lowest BCUT2D eigenvalue weighted by molar-refractivity contribution is 0.0988. The summed E-state index contributed by atoms with van der Waals surface area (Å²) < 4.78 is 0.283. The molecule has 8 heteroatoms. The molecule has 0 bridgehead atoms. The Bertz CT molecular complexity index is 687. The Labute approximate surface area is 142 Å². The van der Waals surface area contributed by atoms with Gasteiger partial charge in [0.05, 0.1) is 9.48 Å². The van der Waals surface area contributed by atoms with Gasteiger partial charge in [-0.2, -0.15) is 0 Å². The summed E-state index contributed by atoms with van der Waals surface area (Å²) in [4.78, 5) is 24.2. The molecule has 0 atom stereocenters. The van der Waals surface area contributed by atoms with E-state index in [0.717, 1.165) is 3.79 Å². The van der Waals surface area contributed by atoms with E-state index in [1.165, 1.54) is 28.2 Å². The summed E-state index contributed by atoms with van der Waals surface area (Å²) in [5.74, 6) is -0.860. The van der Waals surface area contributed by atoms with Crippen molar-refractivity contribution in [1.29, 1.82) is 0 Å². The minimum absolute atomic E-state index is 0.169. The van der Waals surface area contributed by atoms with E-state index in [1.54, 1.807) is 18.5 Å². The number of thiophene rings is 1. The van der Waals surface area contributed by atoms with Crippen molar-refractivity contribution in [3.63, 3.8) is 0 Å². The molecule has 0 radical (unpaired) electrons. The van der Waals surface area contributed by atoms with E-state index < -0.39 is 9.58 Å². The summed E-state index contributed by atoms with van der Waals surface area (Å²) in [5, 5.41) is 1.73. The number of aromatic nitrogens is 1. The van der Waals surface area contributed by atoms with Crippen LogP contribution in [0.2, 0.25) is 0 Å². The van der Waals surface area contributed by atoms with Gasteiger partial charge in [0, 0.05) is 29.8 Å². The van der Waals surface area contributed by atoms with E-state index in [1.807, 2.05) is 0 Å². The molecule has 0 unspecified atom stereocenters. The highest BCUT2D eigenvalue weighted by Crippen LogP contribution is 2.31. The smallest absolute Gasteiger partial charge is 0.255 e. The van der Waals surface area contributed by atoms with E-state index in [-0.39, 0.29) is 11.5 Å². The number of aryl methyl sites for hydroxylation is 1. The van der Waals surface area contributed by atoms with Gasteiger partial charge >= 0.3 is 0 Å². The molecular weight excluding hydrogens is 408 g/mol. The van der Waals surface area contributed by atoms with E-state index in [2.05, 4.69) is 15.9 Å². The van der Waals surface area contributed by atoms with Crippen LogP contribution in [-0.2, 0) is 7.05 Å². The van der Waals surface area contributed by atoms with Crippen LogP contribution in [-0.4, -0.2) is 19.9 Å². The maximum Gasteiger partial charge on any atom is 0.255 e. The average molecular weight is 416 g/mol. The van der Waals surface area contributed by atoms with Crippen LogP contribution in [0.3, 0.4) is 0 Å². The molecule has 0 spiro atoms. The van der Waals surface area contributed by atoms with Crippen LogP contribution in [0.1, 0.15) is 26.4 Å². The van der Waals surface area contributed by atoms with Gasteiger partial charge in [-0.25, -0.2) is 0 Å². The zero-order valence-electron chi connectivity index (χ0n) is 9.99. The fourth-order valence-electron chi connectivity index (χ4n) is 1.66. The lowest BCUT2D eigenvalue weighted by atomic mass is 10.1. The second-order valence-corrected chi connectivity index (χ2v) is 8.59. The molecule has 2 heterocycles. The monoisotopic (exact) mass is 413 g/mol. The van der Waals surface area contributed by atoms with Crippen LogP contribution < -0.4 is 0 Å². The van der Waals surface area contributed by atoms with Crippen molar-refractivity contribution in [3.8, 4) is 0 Å². The lowest BCUT2D eigenvalue weighted by Gasteiger charge is -2.09. The summed E-state index contributed by atoms with van der Waals surface area (Å²) in [6.07, 6.45) is 1.54. The Kier molecular flexibility index (Phi) is 4.66. The third-order valence-corrected chi connectivity index (χ3v) is 4.61. The summed E-state index contributed by atoms with van der Waals surface area (Å²) in [6.45, 7) is 0. The second kappa shape index (κ2) is 5.81. The number of ketones is 2. The zero-order valence-corrected chi connectivity index (χ0v) is 14.7. The standard InChI is InChI=1S/C12H7BrCl3NO2S/c1-17-4-6(2-8(17)11(19)12(14,15)16)10(18)7-3-9(13)20-5-7/h2-5H,1H3. The first-order valence-electron chi connectivity index (χ1n) is 5.27. The van der Waals surface area contributed by atoms with Crippen LogP contribution in [0.25, 0.3) is 0 Å². The number of rotatable bonds is 3. The van der Waals surface area contributed by atoms with Gasteiger partial charge in [-0.3, -0.25) is 9.59 Å². The molecule has 0 amide bonds. The van der Waals surface area contributed by atoms with Crippen molar-refractivity contribution in [1.82, 2.24) is 4.57 Å². The third-order valence-electron chi connectivity index (χ3n) is 2.59. The van der Waals surface area contributed by atoms with Gasteiger partial charge in [-0.15, -0.1) is 11.3 Å². The maximum atomic E-state index is 12.3. The van der Waals surface area contributed by atoms with E-state index >= 15 is 0 Å². The van der Waals surface area contributed by atoms with Gasteiger partial charge < -0.3 is 4.57 Å². The minimum Gasteiger partial charge on any atom is -0.347 e. The Hall–Kier alpha value is -0.330. The normalized spacial score (nSPS) is 11.7. The maximum absolute atomic E-state index is 12.3. The third kappa shape index (κ3) is 3.28. The predicted octanol–water partition coefficient (Wildman–Crippen LogP) is 4.63. The largest absolute Gasteiger partial charge is 0.347 e. The number of halogens is 4. The molecule has 0 aliphatic rings. The number of Topliss-reactive ketones (excluding diaryl/α,β-unsaturated/α-hetero) is 1. The van der Waals surface area contributed by atoms with Crippen LogP contribution in [0.15, 0.2) is 27.5 Å². The number of alkyl halides is 3. The first-order valence-corrected chi connectivity index (χ1v) is 8.07. The van der Waals surface area contributed by atoms with Gasteiger partial charge in [-0.05, 0) is 28.1 Å². The topological polar surface area (TPSA) is 39.1 Å². The molecule has 2 aromatic rings. The zero-order chi connectivity index (χ0) is 15.1. The fraction of sp³-hybridized carbons (Fsp3) is 0.167. The molecule has 3 nitrogen and oxygen atoms in total. The van der Waals surface area contributed by atoms with Gasteiger partial charge in [-0.1, -0.05) is 34.8 Å². The molecule has 20 heavy (non-hydrogen) atoms. The van der Waals surface area contributed by atoms with Crippen molar-refractivity contribution < 1.29 is 9.59 Å². The average Bonchev–Trinajstić information content (AvgIpc) is 2.92. The molecule has 0 N–H and O–H groups in total. The number of carbonyl (C=O) groups is 2. The highest BCUT2D eigenvalue weighted by atomic mass is 79.9. The van der Waals surface area contributed by atoms with Crippen LogP contribution >= 0.6 is 62.1 Å². The van der Waals surface area contributed by atoms with Crippen LogP contribution in [0.5, 0.6) is 0 Å². The van der Waals surface area contributed by atoms with Gasteiger partial charge in [0.1, 0.15) is 0 Å². The Morgan fingerprint density at radius 3 is 2.40 bits per heavy atom. The Morgan fingerprint density at radius 1 is 1.25 bits per heavy atom. The van der Waals surface area contributed by atoms with Crippen LogP contribution in [0, 0.1) is 0 Å². The van der Waals surface area contributed by atoms with E-state index in [0.29, 0.717) is 11.1 Å². The van der Waals surface area contributed by atoms with Crippen molar-refractivity contribution in [3.05, 3.63) is 44.3 Å². The lowest BCUT2D eigenvalue weighted by Crippen LogP contribution is -2.21. The van der Waals surface area contributed by atoms with Gasteiger partial charge in [0.15, 0.2) is 5.78 Å². The Morgan fingerprint density at radius 2 is 1.90 bits per heavy atom. The molecule has 0 fully saturated rings. The number of nitrogens with zero attached hydrogens (tertiary/aromatic N) is 1. The van der Waals surface area contributed by atoms with E-state index in [4.69, 9.17) is 34.8 Å². The second-order valence-electron chi connectivity index (χ2n) is 4.02. The van der Waals surface area contributed by atoms with Crippen molar-refractivity contribution in [2.24, 2.45) is 7.05 Å².